The van der Waals surface area contributed by atoms with Gasteiger partial charge in [-0.1, -0.05) is 30.3 Å². The Morgan fingerprint density at radius 1 is 1.03 bits per heavy atom. The van der Waals surface area contributed by atoms with Gasteiger partial charge in [0.15, 0.2) is 0 Å². The fourth-order valence-electron chi connectivity index (χ4n) is 3.65. The molecule has 1 heterocycles. The van der Waals surface area contributed by atoms with E-state index < -0.39 is 0 Å². The smallest absolute Gasteiger partial charge is 0.219 e. The zero-order chi connectivity index (χ0) is 21.5. The van der Waals surface area contributed by atoms with Crippen molar-refractivity contribution in [2.75, 3.05) is 32.6 Å². The van der Waals surface area contributed by atoms with E-state index >= 15 is 0 Å². The lowest BCUT2D eigenvalue weighted by Crippen LogP contribution is -2.30. The summed E-state index contributed by atoms with van der Waals surface area (Å²) in [7, 11) is 5.71. The number of carbonyl (C=O) groups is 1. The lowest BCUT2D eigenvalue weighted by Gasteiger charge is -2.25. The highest BCUT2D eigenvalue weighted by Crippen LogP contribution is 2.34. The van der Waals surface area contributed by atoms with Crippen LogP contribution in [-0.4, -0.2) is 38.6 Å². The number of amides is 1. The molecule has 158 valence electrons. The minimum atomic E-state index is 0.00844. The molecule has 2 aromatic carbocycles. The van der Waals surface area contributed by atoms with Gasteiger partial charge < -0.3 is 19.0 Å². The van der Waals surface area contributed by atoms with E-state index in [9.17, 15) is 4.79 Å². The number of nitrogens with zero attached hydrogens (tertiary/aromatic N) is 2. The number of rotatable bonds is 9. The van der Waals surface area contributed by atoms with Gasteiger partial charge in [0.25, 0.3) is 0 Å². The molecule has 0 bridgehead atoms. The van der Waals surface area contributed by atoms with E-state index in [2.05, 4.69) is 35.2 Å². The molecule has 0 fully saturated rings. The van der Waals surface area contributed by atoms with Crippen molar-refractivity contribution in [3.8, 4) is 5.75 Å². The van der Waals surface area contributed by atoms with Crippen LogP contribution < -0.4 is 9.64 Å². The summed E-state index contributed by atoms with van der Waals surface area (Å²) in [5, 5.41) is 0. The van der Waals surface area contributed by atoms with Crippen LogP contribution in [0.5, 0.6) is 5.75 Å². The maximum Gasteiger partial charge on any atom is 0.219 e. The van der Waals surface area contributed by atoms with Gasteiger partial charge in [-0.2, -0.15) is 0 Å². The van der Waals surface area contributed by atoms with Gasteiger partial charge in [-0.05, 0) is 42.3 Å². The van der Waals surface area contributed by atoms with Crippen molar-refractivity contribution in [2.45, 2.75) is 25.8 Å². The number of carbonyl (C=O) groups excluding carboxylic acids is 1. The van der Waals surface area contributed by atoms with Crippen LogP contribution >= 0.6 is 0 Å². The van der Waals surface area contributed by atoms with Crippen molar-refractivity contribution < 1.29 is 13.9 Å². The van der Waals surface area contributed by atoms with E-state index in [0.29, 0.717) is 13.1 Å². The first-order valence-electron chi connectivity index (χ1n) is 10.2. The van der Waals surface area contributed by atoms with E-state index in [1.54, 1.807) is 20.3 Å². The van der Waals surface area contributed by atoms with Crippen LogP contribution in [0.15, 0.2) is 71.3 Å². The van der Waals surface area contributed by atoms with Crippen molar-refractivity contribution in [3.05, 3.63) is 83.8 Å². The summed E-state index contributed by atoms with van der Waals surface area (Å²) >= 11 is 0. The number of hydrogen-bond donors (Lipinski definition) is 0. The Hall–Kier alpha value is -3.21. The maximum absolute atomic E-state index is 12.4. The summed E-state index contributed by atoms with van der Waals surface area (Å²) in [4.78, 5) is 16.3. The van der Waals surface area contributed by atoms with Crippen molar-refractivity contribution >= 4 is 11.6 Å². The average molecular weight is 407 g/mol. The van der Waals surface area contributed by atoms with Crippen molar-refractivity contribution in [2.24, 2.45) is 0 Å². The minimum Gasteiger partial charge on any atom is -0.496 e. The molecule has 0 saturated heterocycles. The highest BCUT2D eigenvalue weighted by Gasteiger charge is 2.22. The zero-order valence-corrected chi connectivity index (χ0v) is 18.2. The molecule has 5 heteroatoms. The molecule has 1 aromatic heterocycles. The Morgan fingerprint density at radius 2 is 1.77 bits per heavy atom. The number of para-hydroxylation sites is 1. The van der Waals surface area contributed by atoms with Gasteiger partial charge in [-0.25, -0.2) is 0 Å². The zero-order valence-electron chi connectivity index (χ0n) is 18.2. The van der Waals surface area contributed by atoms with Crippen LogP contribution in [0.4, 0.5) is 5.69 Å². The quantitative estimate of drug-likeness (QED) is 0.506. The van der Waals surface area contributed by atoms with Crippen LogP contribution in [0.25, 0.3) is 0 Å². The van der Waals surface area contributed by atoms with E-state index in [-0.39, 0.29) is 11.8 Å². The Kier molecular flexibility index (Phi) is 7.17. The first kappa shape index (κ1) is 21.5. The fraction of sp³-hybridized carbons (Fsp3) is 0.320. The second kappa shape index (κ2) is 10.0. The summed E-state index contributed by atoms with van der Waals surface area (Å²) in [5.74, 6) is 1.77. The first-order chi connectivity index (χ1) is 14.5. The predicted octanol–water partition coefficient (Wildman–Crippen LogP) is 4.92. The molecule has 0 N–H and O–H groups in total. The third-order valence-electron chi connectivity index (χ3n) is 5.36. The van der Waals surface area contributed by atoms with E-state index in [1.807, 2.05) is 49.3 Å². The molecule has 1 amide bonds. The number of methoxy groups -OCH3 is 1. The topological polar surface area (TPSA) is 45.9 Å². The lowest BCUT2D eigenvalue weighted by atomic mass is 9.92. The van der Waals surface area contributed by atoms with Crippen LogP contribution in [-0.2, 0) is 11.3 Å². The summed E-state index contributed by atoms with van der Waals surface area (Å²) in [5.41, 5.74) is 3.32. The van der Waals surface area contributed by atoms with Crippen LogP contribution in [0.2, 0.25) is 0 Å². The Morgan fingerprint density at radius 3 is 2.37 bits per heavy atom. The summed E-state index contributed by atoms with van der Waals surface area (Å²) in [6.07, 6.45) is 2.43. The molecule has 3 aromatic rings. The van der Waals surface area contributed by atoms with Crippen molar-refractivity contribution in [1.82, 2.24) is 4.90 Å². The molecule has 0 aliphatic rings. The van der Waals surface area contributed by atoms with Gasteiger partial charge in [0, 0.05) is 51.3 Å². The Balaban J connectivity index is 1.77. The van der Waals surface area contributed by atoms with Gasteiger partial charge in [-0.3, -0.25) is 4.79 Å². The largest absolute Gasteiger partial charge is 0.496 e. The average Bonchev–Trinajstić information content (AvgIpc) is 3.28. The molecule has 0 unspecified atom stereocenters. The first-order valence-corrected chi connectivity index (χ1v) is 10.2. The highest BCUT2D eigenvalue weighted by atomic mass is 16.5. The molecular formula is C25H30N2O3. The minimum absolute atomic E-state index is 0.00844. The molecular weight excluding hydrogens is 376 g/mol. The van der Waals surface area contributed by atoms with Gasteiger partial charge in [-0.15, -0.1) is 0 Å². The van der Waals surface area contributed by atoms with E-state index in [1.165, 1.54) is 0 Å². The third-order valence-corrected chi connectivity index (χ3v) is 5.36. The molecule has 0 radical (unpaired) electrons. The molecule has 0 saturated carbocycles. The molecule has 3 rings (SSSR count). The fourth-order valence-corrected chi connectivity index (χ4v) is 3.65. The third kappa shape index (κ3) is 5.23. The predicted molar refractivity (Wildman–Crippen MR) is 120 cm³/mol. The summed E-state index contributed by atoms with van der Waals surface area (Å²) < 4.78 is 11.3. The Bertz CT molecular complexity index is 933. The van der Waals surface area contributed by atoms with Crippen molar-refractivity contribution in [1.29, 1.82) is 0 Å². The molecule has 30 heavy (non-hydrogen) atoms. The number of anilines is 1. The molecule has 1 atom stereocenters. The molecule has 0 aliphatic carbocycles. The van der Waals surface area contributed by atoms with Crippen LogP contribution in [0, 0.1) is 0 Å². The second-order valence-electron chi connectivity index (χ2n) is 7.60. The number of ether oxygens (including phenoxy) is 1. The highest BCUT2D eigenvalue weighted by molar-refractivity contribution is 5.73. The van der Waals surface area contributed by atoms with Crippen molar-refractivity contribution in [3.63, 3.8) is 0 Å². The van der Waals surface area contributed by atoms with Gasteiger partial charge in [0.2, 0.25) is 5.91 Å². The molecule has 0 spiro atoms. The molecule has 5 nitrogen and oxygen atoms in total. The standard InChI is InChI=1S/C25H30N2O3/c1-19(28)27(18-20-11-13-21(14-12-20)26(2)3)16-15-23(25-10-7-17-30-25)22-8-5-6-9-24(22)29-4/h5-14,17,23H,15-16,18H2,1-4H3/t23-/m1/s1. The summed E-state index contributed by atoms with van der Waals surface area (Å²) in [6, 6.07) is 20.2. The Labute approximate surface area is 178 Å². The monoisotopic (exact) mass is 406 g/mol. The molecule has 0 aliphatic heterocycles. The lowest BCUT2D eigenvalue weighted by molar-refractivity contribution is -0.129. The van der Waals surface area contributed by atoms with Gasteiger partial charge in [0.1, 0.15) is 11.5 Å². The van der Waals surface area contributed by atoms with Gasteiger partial charge in [0.05, 0.1) is 13.4 Å². The van der Waals surface area contributed by atoms with Gasteiger partial charge >= 0.3 is 0 Å². The number of benzene rings is 2. The number of furan rings is 1. The van der Waals surface area contributed by atoms with Crippen LogP contribution in [0.1, 0.15) is 36.1 Å². The second-order valence-corrected chi connectivity index (χ2v) is 7.60. The van der Waals surface area contributed by atoms with Crippen LogP contribution in [0.3, 0.4) is 0 Å². The van der Waals surface area contributed by atoms with E-state index in [0.717, 1.165) is 34.7 Å². The SMILES string of the molecule is COc1ccccc1[C@@H](CCN(Cc1ccc(N(C)C)cc1)C(C)=O)c1ccco1. The summed E-state index contributed by atoms with van der Waals surface area (Å²) in [6.45, 7) is 2.83. The van der Waals surface area contributed by atoms with E-state index in [4.69, 9.17) is 9.15 Å². The number of hydrogen-bond acceptors (Lipinski definition) is 4. The maximum atomic E-state index is 12.4. The normalized spacial score (nSPS) is 11.7.